The first-order chi connectivity index (χ1) is 11.2. The maximum Gasteiger partial charge on any atom is 0.321 e. The van der Waals surface area contributed by atoms with Gasteiger partial charge in [0.05, 0.1) is 5.75 Å². The van der Waals surface area contributed by atoms with E-state index in [1.165, 1.54) is 18.2 Å². The van der Waals surface area contributed by atoms with Crippen LogP contribution in [0, 0.1) is 0 Å². The van der Waals surface area contributed by atoms with Crippen molar-refractivity contribution in [1.29, 1.82) is 0 Å². The number of carbonyl (C=O) groups is 2. The van der Waals surface area contributed by atoms with Crippen LogP contribution >= 0.6 is 11.8 Å². The Balaban J connectivity index is 1.45. The summed E-state index contributed by atoms with van der Waals surface area (Å²) in [6, 6.07) is -0.176. The van der Waals surface area contributed by atoms with Gasteiger partial charge < -0.3 is 9.88 Å². The summed E-state index contributed by atoms with van der Waals surface area (Å²) in [5.74, 6) is 0.886. The third-order valence-electron chi connectivity index (χ3n) is 4.35. The zero-order valence-corrected chi connectivity index (χ0v) is 14.0. The highest BCUT2D eigenvalue weighted by Gasteiger charge is 2.19. The minimum absolute atomic E-state index is 0.177. The molecule has 1 aromatic heterocycles. The molecule has 7 nitrogen and oxygen atoms in total. The Kier molecular flexibility index (Phi) is 5.53. The Labute approximate surface area is 140 Å². The molecule has 1 aromatic rings. The van der Waals surface area contributed by atoms with Crippen molar-refractivity contribution in [3.8, 4) is 0 Å². The van der Waals surface area contributed by atoms with Crippen molar-refractivity contribution in [3.05, 3.63) is 5.82 Å². The van der Waals surface area contributed by atoms with Gasteiger partial charge in [0.15, 0.2) is 5.16 Å². The van der Waals surface area contributed by atoms with Crippen molar-refractivity contribution in [2.45, 2.75) is 69.1 Å². The predicted molar refractivity (Wildman–Crippen MR) is 87.2 cm³/mol. The lowest BCUT2D eigenvalue weighted by Crippen LogP contribution is -2.44. The number of hydrogen-bond acceptors (Lipinski definition) is 5. The summed E-state index contributed by atoms with van der Waals surface area (Å²) in [6.45, 7) is 0.911. The summed E-state index contributed by atoms with van der Waals surface area (Å²) < 4.78 is 2.10. The molecule has 0 aromatic carbocycles. The first-order valence-corrected chi connectivity index (χ1v) is 9.36. The largest absolute Gasteiger partial charge is 0.335 e. The molecule has 3 rings (SSSR count). The molecule has 0 bridgehead atoms. The number of thioether (sulfide) groups is 1. The van der Waals surface area contributed by atoms with E-state index in [0.29, 0.717) is 0 Å². The number of fused-ring (bicyclic) bond motifs is 1. The number of rotatable bonds is 4. The van der Waals surface area contributed by atoms with Gasteiger partial charge in [-0.2, -0.15) is 0 Å². The van der Waals surface area contributed by atoms with E-state index in [1.807, 2.05) is 0 Å². The molecule has 126 valence electrons. The van der Waals surface area contributed by atoms with Crippen LogP contribution in [0.3, 0.4) is 0 Å². The molecule has 0 spiro atoms. The van der Waals surface area contributed by atoms with Crippen LogP contribution in [0.15, 0.2) is 5.16 Å². The Hall–Kier alpha value is -1.57. The van der Waals surface area contributed by atoms with E-state index in [4.69, 9.17) is 0 Å². The van der Waals surface area contributed by atoms with Gasteiger partial charge in [0.1, 0.15) is 5.82 Å². The summed E-state index contributed by atoms with van der Waals surface area (Å²) in [6.07, 6.45) is 8.71. The molecule has 1 saturated carbocycles. The van der Waals surface area contributed by atoms with Gasteiger partial charge in [-0.15, -0.1) is 10.2 Å². The second-order valence-corrected chi connectivity index (χ2v) is 7.10. The molecule has 0 radical (unpaired) electrons. The average molecular weight is 337 g/mol. The first-order valence-electron chi connectivity index (χ1n) is 8.37. The zero-order valence-electron chi connectivity index (χ0n) is 13.2. The van der Waals surface area contributed by atoms with Crippen LogP contribution in [-0.4, -0.2) is 38.5 Å². The lowest BCUT2D eigenvalue weighted by molar-refractivity contribution is -0.117. The van der Waals surface area contributed by atoms with Gasteiger partial charge >= 0.3 is 6.03 Å². The molecule has 0 atom stereocenters. The Morgan fingerprint density at radius 2 is 1.96 bits per heavy atom. The zero-order chi connectivity index (χ0) is 16.1. The van der Waals surface area contributed by atoms with E-state index in [1.54, 1.807) is 0 Å². The van der Waals surface area contributed by atoms with Crippen LogP contribution in [-0.2, 0) is 17.8 Å². The molecule has 1 fully saturated rings. The highest BCUT2D eigenvalue weighted by Crippen LogP contribution is 2.21. The Morgan fingerprint density at radius 3 is 2.78 bits per heavy atom. The Morgan fingerprint density at radius 1 is 1.13 bits per heavy atom. The highest BCUT2D eigenvalue weighted by atomic mass is 32.2. The molecule has 3 amide bonds. The van der Waals surface area contributed by atoms with Crippen LogP contribution < -0.4 is 10.6 Å². The number of aryl methyl sites for hydroxylation is 1. The third-order valence-corrected chi connectivity index (χ3v) is 5.32. The molecule has 2 heterocycles. The minimum atomic E-state index is -0.387. The normalized spacial score (nSPS) is 18.3. The fraction of sp³-hybridized carbons (Fsp3) is 0.733. The summed E-state index contributed by atoms with van der Waals surface area (Å²) in [5, 5.41) is 14.4. The van der Waals surface area contributed by atoms with Crippen molar-refractivity contribution in [3.63, 3.8) is 0 Å². The number of hydrogen-bond donors (Lipinski definition) is 2. The maximum atomic E-state index is 11.9. The first kappa shape index (κ1) is 16.3. The molecule has 8 heteroatoms. The van der Waals surface area contributed by atoms with Crippen LogP contribution in [0.5, 0.6) is 0 Å². The van der Waals surface area contributed by atoms with Crippen molar-refractivity contribution in [1.82, 2.24) is 25.4 Å². The van der Waals surface area contributed by atoms with Gasteiger partial charge in [-0.25, -0.2) is 4.79 Å². The summed E-state index contributed by atoms with van der Waals surface area (Å²) in [5.41, 5.74) is 0. The number of imide groups is 1. The van der Waals surface area contributed by atoms with E-state index in [-0.39, 0.29) is 23.7 Å². The lowest BCUT2D eigenvalue weighted by Gasteiger charge is -2.12. The SMILES string of the molecule is O=C(CSc1nnc2n1CCCCC2)NC(=O)NC1CCCC1. The third kappa shape index (κ3) is 4.46. The second kappa shape index (κ2) is 7.81. The van der Waals surface area contributed by atoms with E-state index in [9.17, 15) is 9.59 Å². The maximum absolute atomic E-state index is 11.9. The van der Waals surface area contributed by atoms with Gasteiger partial charge in [0.25, 0.3) is 0 Å². The molecule has 2 N–H and O–H groups in total. The lowest BCUT2D eigenvalue weighted by atomic mass is 10.2. The highest BCUT2D eigenvalue weighted by molar-refractivity contribution is 7.99. The van der Waals surface area contributed by atoms with Crippen LogP contribution in [0.4, 0.5) is 4.79 Å². The number of nitrogens with one attached hydrogen (secondary N) is 2. The van der Waals surface area contributed by atoms with E-state index < -0.39 is 0 Å². The van der Waals surface area contributed by atoms with E-state index >= 15 is 0 Å². The summed E-state index contributed by atoms with van der Waals surface area (Å²) in [4.78, 5) is 23.7. The number of amides is 3. The van der Waals surface area contributed by atoms with Crippen molar-refractivity contribution < 1.29 is 9.59 Å². The predicted octanol–water partition coefficient (Wildman–Crippen LogP) is 1.86. The van der Waals surface area contributed by atoms with Gasteiger partial charge in [-0.1, -0.05) is 31.0 Å². The van der Waals surface area contributed by atoms with Crippen LogP contribution in [0.2, 0.25) is 0 Å². The average Bonchev–Trinajstić information content (AvgIpc) is 3.10. The van der Waals surface area contributed by atoms with E-state index in [2.05, 4.69) is 25.4 Å². The molecule has 0 saturated heterocycles. The standard InChI is InChI=1S/C15H23N5O2S/c21-13(17-14(22)16-11-6-3-4-7-11)10-23-15-19-18-12-8-2-1-5-9-20(12)15/h11H,1-10H2,(H2,16,17,21,22). The number of carbonyl (C=O) groups excluding carboxylic acids is 2. The molecule has 23 heavy (non-hydrogen) atoms. The molecular weight excluding hydrogens is 314 g/mol. The van der Waals surface area contributed by atoms with Gasteiger partial charge in [0.2, 0.25) is 5.91 Å². The van der Waals surface area contributed by atoms with Gasteiger partial charge in [0, 0.05) is 19.0 Å². The van der Waals surface area contributed by atoms with Gasteiger partial charge in [-0.05, 0) is 25.7 Å². The van der Waals surface area contributed by atoms with Gasteiger partial charge in [-0.3, -0.25) is 10.1 Å². The number of urea groups is 1. The fourth-order valence-corrected chi connectivity index (χ4v) is 3.93. The monoisotopic (exact) mass is 337 g/mol. The van der Waals surface area contributed by atoms with Crippen LogP contribution in [0.1, 0.15) is 50.8 Å². The second-order valence-electron chi connectivity index (χ2n) is 6.15. The quantitative estimate of drug-likeness (QED) is 0.819. The smallest absolute Gasteiger partial charge is 0.321 e. The van der Waals surface area contributed by atoms with Crippen LogP contribution in [0.25, 0.3) is 0 Å². The molecule has 0 unspecified atom stereocenters. The number of aromatic nitrogens is 3. The van der Waals surface area contributed by atoms with E-state index in [0.717, 1.165) is 62.5 Å². The Bertz CT molecular complexity index is 568. The molecular formula is C15H23N5O2S. The minimum Gasteiger partial charge on any atom is -0.335 e. The van der Waals surface area contributed by atoms with Crippen molar-refractivity contribution in [2.24, 2.45) is 0 Å². The topological polar surface area (TPSA) is 88.9 Å². The summed E-state index contributed by atoms with van der Waals surface area (Å²) >= 11 is 1.34. The molecule has 1 aliphatic carbocycles. The molecule has 2 aliphatic rings. The summed E-state index contributed by atoms with van der Waals surface area (Å²) in [7, 11) is 0. The van der Waals surface area contributed by atoms with Crippen molar-refractivity contribution in [2.75, 3.05) is 5.75 Å². The fourth-order valence-electron chi connectivity index (χ4n) is 3.15. The molecule has 1 aliphatic heterocycles. The van der Waals surface area contributed by atoms with Crippen molar-refractivity contribution >= 4 is 23.7 Å². The number of nitrogens with zero attached hydrogens (tertiary/aromatic N) is 3.